The summed E-state index contributed by atoms with van der Waals surface area (Å²) >= 11 is 1.54. The van der Waals surface area contributed by atoms with Gasteiger partial charge in [-0.2, -0.15) is 10.1 Å². The first kappa shape index (κ1) is 17.8. The van der Waals surface area contributed by atoms with Crippen LogP contribution >= 0.6 is 23.7 Å². The van der Waals surface area contributed by atoms with Gasteiger partial charge in [0.1, 0.15) is 0 Å². The van der Waals surface area contributed by atoms with Crippen molar-refractivity contribution in [3.63, 3.8) is 0 Å². The molecule has 126 valence electrons. The van der Waals surface area contributed by atoms with Gasteiger partial charge in [-0.1, -0.05) is 0 Å². The van der Waals surface area contributed by atoms with E-state index < -0.39 is 0 Å². The number of hydrogen-bond acceptors (Lipinski definition) is 6. The molecule has 0 spiro atoms. The summed E-state index contributed by atoms with van der Waals surface area (Å²) < 4.78 is 1.65. The topological polar surface area (TPSA) is 84.7 Å². The predicted octanol–water partition coefficient (Wildman–Crippen LogP) is 1.73. The molecule has 7 nitrogen and oxygen atoms in total. The summed E-state index contributed by atoms with van der Waals surface area (Å²) in [4.78, 5) is 20.7. The van der Waals surface area contributed by atoms with Crippen LogP contribution in [-0.2, 0) is 18.3 Å². The molecule has 0 bridgehead atoms. The number of carbonyl (C=O) groups excluding carboxylic acids is 1. The third-order valence-corrected chi connectivity index (χ3v) is 4.46. The number of hydrogen-bond donors (Lipinski definition) is 2. The number of piperidine rings is 1. The SMILES string of the molecule is Cl.Cn1nc(C2CCNCC2)nc1NC(=O)CCc1cscn1. The van der Waals surface area contributed by atoms with Crippen LogP contribution < -0.4 is 10.6 Å². The Morgan fingerprint density at radius 3 is 2.96 bits per heavy atom. The lowest BCUT2D eigenvalue weighted by Gasteiger charge is -2.19. The van der Waals surface area contributed by atoms with Crippen molar-refractivity contribution in [2.45, 2.75) is 31.6 Å². The maximum absolute atomic E-state index is 12.0. The number of nitrogens with one attached hydrogen (secondary N) is 2. The van der Waals surface area contributed by atoms with Crippen LogP contribution in [0.3, 0.4) is 0 Å². The van der Waals surface area contributed by atoms with Gasteiger partial charge in [0.25, 0.3) is 0 Å². The van der Waals surface area contributed by atoms with Crippen molar-refractivity contribution < 1.29 is 4.79 Å². The number of aromatic nitrogens is 4. The van der Waals surface area contributed by atoms with Gasteiger partial charge in [0.2, 0.25) is 11.9 Å². The summed E-state index contributed by atoms with van der Waals surface area (Å²) in [5, 5.41) is 12.6. The number of anilines is 1. The first-order chi connectivity index (χ1) is 10.7. The molecule has 23 heavy (non-hydrogen) atoms. The summed E-state index contributed by atoms with van der Waals surface area (Å²) in [6.45, 7) is 2.00. The minimum atomic E-state index is -0.0552. The van der Waals surface area contributed by atoms with Gasteiger partial charge in [-0.3, -0.25) is 10.1 Å². The normalized spacial score (nSPS) is 15.2. The van der Waals surface area contributed by atoms with Crippen LogP contribution in [-0.4, -0.2) is 38.7 Å². The van der Waals surface area contributed by atoms with Gasteiger partial charge >= 0.3 is 0 Å². The molecule has 9 heteroatoms. The van der Waals surface area contributed by atoms with E-state index in [0.717, 1.165) is 37.4 Å². The quantitative estimate of drug-likeness (QED) is 0.852. The molecule has 2 N–H and O–H groups in total. The van der Waals surface area contributed by atoms with Gasteiger partial charge in [0.05, 0.1) is 11.2 Å². The van der Waals surface area contributed by atoms with Crippen LogP contribution in [0.25, 0.3) is 0 Å². The highest BCUT2D eigenvalue weighted by atomic mass is 35.5. The summed E-state index contributed by atoms with van der Waals surface area (Å²) in [6, 6.07) is 0. The van der Waals surface area contributed by atoms with Gasteiger partial charge in [0, 0.05) is 24.8 Å². The zero-order chi connectivity index (χ0) is 15.4. The van der Waals surface area contributed by atoms with E-state index in [2.05, 4.69) is 25.7 Å². The molecule has 1 aliphatic rings. The van der Waals surface area contributed by atoms with Crippen molar-refractivity contribution in [1.29, 1.82) is 0 Å². The predicted molar refractivity (Wildman–Crippen MR) is 92.2 cm³/mol. The molecular formula is C14H21ClN6OS. The maximum atomic E-state index is 12.0. The standard InChI is InChI=1S/C14H20N6OS.ClH/c1-20-14(17-12(21)3-2-11-8-22-9-16-11)18-13(19-20)10-4-6-15-7-5-10;/h8-10,15H,2-7H2,1H3,(H,17,18,19,21);1H. The van der Waals surface area contributed by atoms with Crippen molar-refractivity contribution in [3.8, 4) is 0 Å². The lowest BCUT2D eigenvalue weighted by molar-refractivity contribution is -0.116. The minimum Gasteiger partial charge on any atom is -0.317 e. The van der Waals surface area contributed by atoms with Crippen LogP contribution in [0, 0.1) is 0 Å². The van der Waals surface area contributed by atoms with Gasteiger partial charge in [-0.05, 0) is 32.4 Å². The second-order valence-corrected chi connectivity index (χ2v) is 6.19. The molecule has 3 rings (SSSR count). The minimum absolute atomic E-state index is 0. The van der Waals surface area contributed by atoms with Crippen molar-refractivity contribution in [1.82, 2.24) is 25.1 Å². The molecule has 3 heterocycles. The van der Waals surface area contributed by atoms with Gasteiger partial charge in [-0.25, -0.2) is 9.67 Å². The first-order valence-corrected chi connectivity index (χ1v) is 8.45. The lowest BCUT2D eigenvalue weighted by Crippen LogP contribution is -2.27. The highest BCUT2D eigenvalue weighted by Crippen LogP contribution is 2.23. The Morgan fingerprint density at radius 1 is 1.48 bits per heavy atom. The molecule has 0 aromatic carbocycles. The Labute approximate surface area is 145 Å². The van der Waals surface area contributed by atoms with Crippen LogP contribution in [0.15, 0.2) is 10.9 Å². The van der Waals surface area contributed by atoms with E-state index in [0.29, 0.717) is 24.7 Å². The number of carbonyl (C=O) groups is 1. The van der Waals surface area contributed by atoms with Crippen molar-refractivity contribution in [2.24, 2.45) is 7.05 Å². The first-order valence-electron chi connectivity index (χ1n) is 7.51. The molecular weight excluding hydrogens is 336 g/mol. The Kier molecular flexibility index (Phi) is 6.49. The maximum Gasteiger partial charge on any atom is 0.227 e. The third kappa shape index (κ3) is 4.73. The van der Waals surface area contributed by atoms with Gasteiger partial charge in [-0.15, -0.1) is 23.7 Å². The molecule has 2 aromatic rings. The average Bonchev–Trinajstić information content (AvgIpc) is 3.17. The number of thiazole rings is 1. The van der Waals surface area contributed by atoms with Crippen molar-refractivity contribution in [3.05, 3.63) is 22.4 Å². The monoisotopic (exact) mass is 356 g/mol. The summed E-state index contributed by atoms with van der Waals surface area (Å²) in [5.74, 6) is 1.68. The number of nitrogens with zero attached hydrogens (tertiary/aromatic N) is 4. The van der Waals surface area contributed by atoms with Crippen molar-refractivity contribution in [2.75, 3.05) is 18.4 Å². The number of halogens is 1. The highest BCUT2D eigenvalue weighted by molar-refractivity contribution is 7.07. The summed E-state index contributed by atoms with van der Waals surface area (Å²) in [6.07, 6.45) is 3.13. The van der Waals surface area contributed by atoms with Crippen LogP contribution in [0.1, 0.15) is 36.7 Å². The van der Waals surface area contributed by atoms with Crippen molar-refractivity contribution >= 4 is 35.6 Å². The summed E-state index contributed by atoms with van der Waals surface area (Å²) in [5.41, 5.74) is 2.73. The van der Waals surface area contributed by atoms with E-state index in [9.17, 15) is 4.79 Å². The largest absolute Gasteiger partial charge is 0.317 e. The van der Waals surface area contributed by atoms with E-state index in [1.165, 1.54) is 0 Å². The molecule has 0 unspecified atom stereocenters. The van der Waals surface area contributed by atoms with E-state index >= 15 is 0 Å². The zero-order valence-electron chi connectivity index (χ0n) is 13.0. The number of aryl methyl sites for hydroxylation is 2. The fraction of sp³-hybridized carbons (Fsp3) is 0.571. The van der Waals surface area contributed by atoms with E-state index in [4.69, 9.17) is 0 Å². The van der Waals surface area contributed by atoms with E-state index in [1.54, 1.807) is 21.5 Å². The molecule has 1 fully saturated rings. The fourth-order valence-corrected chi connectivity index (χ4v) is 3.15. The Morgan fingerprint density at radius 2 is 2.26 bits per heavy atom. The van der Waals surface area contributed by atoms with Crippen LogP contribution in [0.4, 0.5) is 5.95 Å². The molecule has 0 saturated carbocycles. The highest BCUT2D eigenvalue weighted by Gasteiger charge is 2.21. The molecule has 0 radical (unpaired) electrons. The Balaban J connectivity index is 0.00000192. The Bertz CT molecular complexity index is 623. The molecule has 1 amide bonds. The fourth-order valence-electron chi connectivity index (χ4n) is 2.56. The van der Waals surface area contributed by atoms with Crippen LogP contribution in [0.2, 0.25) is 0 Å². The van der Waals surface area contributed by atoms with Crippen LogP contribution in [0.5, 0.6) is 0 Å². The molecule has 0 atom stereocenters. The molecule has 1 saturated heterocycles. The molecule has 0 aliphatic carbocycles. The lowest BCUT2D eigenvalue weighted by atomic mass is 9.98. The number of amides is 1. The zero-order valence-corrected chi connectivity index (χ0v) is 14.6. The van der Waals surface area contributed by atoms with E-state index in [1.807, 2.05) is 12.4 Å². The summed E-state index contributed by atoms with van der Waals surface area (Å²) in [7, 11) is 1.81. The number of rotatable bonds is 5. The molecule has 1 aliphatic heterocycles. The average molecular weight is 357 g/mol. The smallest absolute Gasteiger partial charge is 0.227 e. The third-order valence-electron chi connectivity index (χ3n) is 3.83. The van der Waals surface area contributed by atoms with Gasteiger partial charge in [0.15, 0.2) is 5.82 Å². The Hall–Kier alpha value is -1.51. The second kappa shape index (κ2) is 8.37. The second-order valence-electron chi connectivity index (χ2n) is 5.47. The van der Waals surface area contributed by atoms with E-state index in [-0.39, 0.29) is 18.3 Å². The van der Waals surface area contributed by atoms with Gasteiger partial charge < -0.3 is 5.32 Å². The molecule has 2 aromatic heterocycles.